The van der Waals surface area contributed by atoms with Gasteiger partial charge in [0.2, 0.25) is 11.8 Å². The zero-order valence-electron chi connectivity index (χ0n) is 13.2. The Morgan fingerprint density at radius 1 is 0.905 bits per heavy atom. The predicted octanol–water partition coefficient (Wildman–Crippen LogP) is 2.57. The van der Waals surface area contributed by atoms with E-state index in [9.17, 15) is 9.59 Å². The number of carbonyl (C=O) groups excluding carboxylic acids is 2. The lowest BCUT2D eigenvalue weighted by Crippen LogP contribution is -2.57. The summed E-state index contributed by atoms with van der Waals surface area (Å²) in [6.45, 7) is 3.57. The molecule has 21 heavy (non-hydrogen) atoms. The normalized spacial score (nSPS) is 32.9. The van der Waals surface area contributed by atoms with Crippen molar-refractivity contribution < 1.29 is 9.59 Å². The van der Waals surface area contributed by atoms with Gasteiger partial charge in [-0.05, 0) is 50.9 Å². The van der Waals surface area contributed by atoms with Crippen molar-refractivity contribution in [1.82, 2.24) is 9.80 Å². The highest BCUT2D eigenvalue weighted by molar-refractivity contribution is 5.88. The molecule has 3 fully saturated rings. The van der Waals surface area contributed by atoms with Crippen molar-refractivity contribution in [2.24, 2.45) is 5.92 Å². The van der Waals surface area contributed by atoms with E-state index in [0.717, 1.165) is 44.7 Å². The minimum Gasteiger partial charge on any atom is -0.338 e. The van der Waals surface area contributed by atoms with Crippen LogP contribution in [0.5, 0.6) is 0 Å². The Morgan fingerprint density at radius 3 is 2.48 bits per heavy atom. The van der Waals surface area contributed by atoms with Crippen LogP contribution in [0.25, 0.3) is 0 Å². The van der Waals surface area contributed by atoms with Crippen LogP contribution in [0.15, 0.2) is 0 Å². The van der Waals surface area contributed by atoms with Gasteiger partial charge in [-0.1, -0.05) is 13.3 Å². The van der Waals surface area contributed by atoms with Crippen molar-refractivity contribution in [1.29, 1.82) is 0 Å². The molecule has 2 amide bonds. The van der Waals surface area contributed by atoms with Gasteiger partial charge in [-0.2, -0.15) is 0 Å². The maximum absolute atomic E-state index is 13.1. The summed E-state index contributed by atoms with van der Waals surface area (Å²) >= 11 is 0. The van der Waals surface area contributed by atoms with Crippen molar-refractivity contribution in [3.05, 3.63) is 0 Å². The second-order valence-electron chi connectivity index (χ2n) is 6.88. The Hall–Kier alpha value is -1.06. The molecule has 4 nitrogen and oxygen atoms in total. The fourth-order valence-electron chi connectivity index (χ4n) is 4.61. The number of amides is 2. The molecule has 0 radical (unpaired) electrons. The molecule has 1 saturated carbocycles. The highest BCUT2D eigenvalue weighted by Gasteiger charge is 2.41. The molecule has 0 aromatic carbocycles. The Kier molecular flexibility index (Phi) is 4.51. The van der Waals surface area contributed by atoms with E-state index in [-0.39, 0.29) is 17.9 Å². The van der Waals surface area contributed by atoms with Gasteiger partial charge in [-0.3, -0.25) is 9.59 Å². The maximum atomic E-state index is 13.1. The Labute approximate surface area is 127 Å². The van der Waals surface area contributed by atoms with E-state index >= 15 is 0 Å². The number of rotatable bonds is 2. The van der Waals surface area contributed by atoms with E-state index in [1.54, 1.807) is 0 Å². The summed E-state index contributed by atoms with van der Waals surface area (Å²) < 4.78 is 0. The molecule has 0 bridgehead atoms. The first-order valence-electron chi connectivity index (χ1n) is 8.82. The third kappa shape index (κ3) is 2.82. The fourth-order valence-corrected chi connectivity index (χ4v) is 4.61. The summed E-state index contributed by atoms with van der Waals surface area (Å²) in [7, 11) is 0. The first-order valence-corrected chi connectivity index (χ1v) is 8.82. The Balaban J connectivity index is 1.74. The lowest BCUT2D eigenvalue weighted by Gasteiger charge is -2.43. The summed E-state index contributed by atoms with van der Waals surface area (Å²) in [5, 5.41) is 0. The highest BCUT2D eigenvalue weighted by Crippen LogP contribution is 2.37. The molecule has 2 saturated heterocycles. The number of hydrogen-bond acceptors (Lipinski definition) is 2. The van der Waals surface area contributed by atoms with Gasteiger partial charge >= 0.3 is 0 Å². The van der Waals surface area contributed by atoms with E-state index in [4.69, 9.17) is 0 Å². The standard InChI is InChI=1S/C17H28N2O2/c1-2-16(20)18-11-4-3-9-15(18)17(21)19-12-6-8-13-7-5-10-14(13)19/h13-15H,2-12H2,1H3. The first-order chi connectivity index (χ1) is 10.2. The SMILES string of the molecule is CCC(=O)N1CCCCC1C(=O)N1CCCC2CCCC21. The van der Waals surface area contributed by atoms with Crippen molar-refractivity contribution >= 4 is 11.8 Å². The number of fused-ring (bicyclic) bond motifs is 1. The monoisotopic (exact) mass is 292 g/mol. The highest BCUT2D eigenvalue weighted by atomic mass is 16.2. The van der Waals surface area contributed by atoms with Crippen LogP contribution >= 0.6 is 0 Å². The van der Waals surface area contributed by atoms with Gasteiger partial charge in [0.15, 0.2) is 0 Å². The smallest absolute Gasteiger partial charge is 0.245 e. The topological polar surface area (TPSA) is 40.6 Å². The Bertz CT molecular complexity index is 410. The molecule has 0 spiro atoms. The second-order valence-corrected chi connectivity index (χ2v) is 6.88. The van der Waals surface area contributed by atoms with Crippen LogP contribution in [0.3, 0.4) is 0 Å². The minimum absolute atomic E-state index is 0.146. The van der Waals surface area contributed by atoms with E-state index < -0.39 is 0 Å². The number of likely N-dealkylation sites (tertiary alicyclic amines) is 2. The summed E-state index contributed by atoms with van der Waals surface area (Å²) in [4.78, 5) is 29.2. The molecule has 4 heteroatoms. The third-order valence-corrected chi connectivity index (χ3v) is 5.69. The maximum Gasteiger partial charge on any atom is 0.245 e. The molecule has 0 aromatic heterocycles. The summed E-state index contributed by atoms with van der Waals surface area (Å²) in [6.07, 6.45) is 9.64. The van der Waals surface area contributed by atoms with Crippen molar-refractivity contribution in [2.45, 2.75) is 76.8 Å². The predicted molar refractivity (Wildman–Crippen MR) is 81.7 cm³/mol. The summed E-state index contributed by atoms with van der Waals surface area (Å²) in [6, 6.07) is 0.289. The fraction of sp³-hybridized carbons (Fsp3) is 0.882. The lowest BCUT2D eigenvalue weighted by molar-refractivity contribution is -0.150. The van der Waals surface area contributed by atoms with Crippen molar-refractivity contribution in [3.8, 4) is 0 Å². The van der Waals surface area contributed by atoms with E-state index in [0.29, 0.717) is 12.5 Å². The van der Waals surface area contributed by atoms with E-state index in [2.05, 4.69) is 4.90 Å². The van der Waals surface area contributed by atoms with Gasteiger partial charge in [0.1, 0.15) is 6.04 Å². The van der Waals surface area contributed by atoms with Gasteiger partial charge in [0.25, 0.3) is 0 Å². The first kappa shape index (κ1) is 14.9. The zero-order valence-corrected chi connectivity index (χ0v) is 13.2. The van der Waals surface area contributed by atoms with Crippen LogP contribution in [0.4, 0.5) is 0 Å². The minimum atomic E-state index is -0.175. The average Bonchev–Trinajstić information content (AvgIpc) is 3.02. The molecule has 3 unspecified atom stereocenters. The second kappa shape index (κ2) is 6.37. The molecule has 2 aliphatic heterocycles. The molecule has 1 aliphatic carbocycles. The van der Waals surface area contributed by atoms with Crippen LogP contribution in [0.2, 0.25) is 0 Å². The average molecular weight is 292 g/mol. The van der Waals surface area contributed by atoms with Crippen LogP contribution in [-0.2, 0) is 9.59 Å². The van der Waals surface area contributed by atoms with Crippen LogP contribution < -0.4 is 0 Å². The van der Waals surface area contributed by atoms with Crippen LogP contribution in [0, 0.1) is 5.92 Å². The number of piperidine rings is 2. The molecule has 0 aromatic rings. The molecular weight excluding hydrogens is 264 g/mol. The molecule has 3 aliphatic rings. The molecule has 118 valence electrons. The van der Waals surface area contributed by atoms with Gasteiger partial charge in [-0.15, -0.1) is 0 Å². The number of carbonyl (C=O) groups is 2. The molecule has 3 atom stereocenters. The van der Waals surface area contributed by atoms with Gasteiger partial charge in [0.05, 0.1) is 0 Å². The van der Waals surface area contributed by atoms with Crippen LogP contribution in [-0.4, -0.2) is 46.8 Å². The van der Waals surface area contributed by atoms with Crippen LogP contribution in [0.1, 0.15) is 64.7 Å². The van der Waals surface area contributed by atoms with Crippen molar-refractivity contribution in [3.63, 3.8) is 0 Å². The third-order valence-electron chi connectivity index (χ3n) is 5.69. The molecule has 3 rings (SSSR count). The lowest BCUT2D eigenvalue weighted by atomic mass is 9.90. The number of nitrogens with zero attached hydrogens (tertiary/aromatic N) is 2. The quantitative estimate of drug-likeness (QED) is 0.785. The number of hydrogen-bond donors (Lipinski definition) is 0. The molecule has 0 N–H and O–H groups in total. The van der Waals surface area contributed by atoms with Gasteiger partial charge < -0.3 is 9.80 Å². The largest absolute Gasteiger partial charge is 0.338 e. The van der Waals surface area contributed by atoms with Gasteiger partial charge in [0, 0.05) is 25.6 Å². The molecule has 2 heterocycles. The summed E-state index contributed by atoms with van der Waals surface area (Å²) in [5.41, 5.74) is 0. The summed E-state index contributed by atoms with van der Waals surface area (Å²) in [5.74, 6) is 1.11. The van der Waals surface area contributed by atoms with E-state index in [1.807, 2.05) is 11.8 Å². The zero-order chi connectivity index (χ0) is 14.8. The van der Waals surface area contributed by atoms with Crippen molar-refractivity contribution in [2.75, 3.05) is 13.1 Å². The Morgan fingerprint density at radius 2 is 1.67 bits per heavy atom. The van der Waals surface area contributed by atoms with Gasteiger partial charge in [-0.25, -0.2) is 0 Å². The molecular formula is C17H28N2O2. The van der Waals surface area contributed by atoms with E-state index in [1.165, 1.54) is 25.7 Å².